The van der Waals surface area contributed by atoms with Crippen molar-refractivity contribution in [3.05, 3.63) is 88.6 Å². The van der Waals surface area contributed by atoms with E-state index in [4.69, 9.17) is 16.2 Å². The number of carbonyl (C=O) groups is 2. The fourth-order valence-corrected chi connectivity index (χ4v) is 2.68. The van der Waals surface area contributed by atoms with Gasteiger partial charge in [0.2, 0.25) is 0 Å². The maximum absolute atomic E-state index is 12.8. The van der Waals surface area contributed by atoms with E-state index in [1.807, 2.05) is 53.7 Å². The Hall–Kier alpha value is -4.04. The van der Waals surface area contributed by atoms with Gasteiger partial charge in [0, 0.05) is 24.4 Å². The average Bonchev–Trinajstić information content (AvgIpc) is 2.90. The fourth-order valence-electron chi connectivity index (χ4n) is 2.68. The molecule has 0 fully saturated rings. The number of hydrogen-bond donors (Lipinski definition) is 5. The standard InChI is InChI=1S/C22H21N5O2.2C2H6.CH4O/c1-13-3-9-18(26-21(28)16-7-5-15(6-8-16)20(23)24)17(11-13)22(29)27-19-10-4-14(2)12-25-19;3*1-2/h3-12H,1-2H3,(H3,23,24)(H,26,28)(H,25,27,29);2*1-2H3;2H,1H3. The van der Waals surface area contributed by atoms with Crippen LogP contribution in [0.3, 0.4) is 0 Å². The molecule has 0 aliphatic heterocycles. The summed E-state index contributed by atoms with van der Waals surface area (Å²) in [5.74, 6) is -0.378. The Kier molecular flexibility index (Phi) is 14.6. The molecule has 0 aliphatic rings. The van der Waals surface area contributed by atoms with Gasteiger partial charge in [-0.1, -0.05) is 57.5 Å². The van der Waals surface area contributed by atoms with Crippen molar-refractivity contribution < 1.29 is 14.7 Å². The summed E-state index contributed by atoms with van der Waals surface area (Å²) in [6.45, 7) is 11.8. The van der Waals surface area contributed by atoms with Gasteiger partial charge < -0.3 is 21.5 Å². The van der Waals surface area contributed by atoms with Crippen LogP contribution in [0.2, 0.25) is 0 Å². The lowest BCUT2D eigenvalue weighted by molar-refractivity contribution is 0.102. The number of nitrogen functional groups attached to an aromatic ring is 1. The fraction of sp³-hybridized carbons (Fsp3) is 0.259. The van der Waals surface area contributed by atoms with E-state index in [9.17, 15) is 9.59 Å². The molecule has 3 rings (SSSR count). The number of aryl methyl sites for hydroxylation is 2. The third-order valence-electron chi connectivity index (χ3n) is 4.28. The average molecular weight is 480 g/mol. The van der Waals surface area contributed by atoms with Gasteiger partial charge in [-0.2, -0.15) is 0 Å². The number of amidine groups is 1. The van der Waals surface area contributed by atoms with Crippen molar-refractivity contribution in [2.45, 2.75) is 41.5 Å². The van der Waals surface area contributed by atoms with Crippen molar-refractivity contribution in [3.8, 4) is 0 Å². The van der Waals surface area contributed by atoms with Gasteiger partial charge in [-0.15, -0.1) is 0 Å². The van der Waals surface area contributed by atoms with Crippen molar-refractivity contribution in [1.82, 2.24) is 4.98 Å². The molecule has 35 heavy (non-hydrogen) atoms. The normalized spacial score (nSPS) is 9.03. The van der Waals surface area contributed by atoms with Crippen LogP contribution >= 0.6 is 0 Å². The number of aromatic nitrogens is 1. The summed E-state index contributed by atoms with van der Waals surface area (Å²) in [5.41, 5.74) is 8.95. The molecule has 8 heteroatoms. The number of pyridine rings is 1. The van der Waals surface area contributed by atoms with Crippen LogP contribution in [0.25, 0.3) is 0 Å². The Bertz CT molecular complexity index is 1080. The Morgan fingerprint density at radius 3 is 1.86 bits per heavy atom. The topological polar surface area (TPSA) is 141 Å². The molecule has 0 unspecified atom stereocenters. The molecule has 0 saturated heterocycles. The molecule has 1 aromatic heterocycles. The van der Waals surface area contributed by atoms with Crippen molar-refractivity contribution in [2.75, 3.05) is 17.7 Å². The quantitative estimate of drug-likeness (QED) is 0.254. The van der Waals surface area contributed by atoms with E-state index in [2.05, 4.69) is 15.6 Å². The number of anilines is 2. The summed E-state index contributed by atoms with van der Waals surface area (Å²) < 4.78 is 0. The summed E-state index contributed by atoms with van der Waals surface area (Å²) in [4.78, 5) is 29.6. The van der Waals surface area contributed by atoms with Gasteiger partial charge in [-0.05, 0) is 49.7 Å². The van der Waals surface area contributed by atoms with Crippen LogP contribution in [-0.2, 0) is 0 Å². The SMILES string of the molecule is CC.CC.CO.Cc1ccc(NC(=O)c2cc(C)ccc2NC(=O)c2ccc(C(=N)N)cc2)nc1. The number of rotatable bonds is 5. The highest BCUT2D eigenvalue weighted by Crippen LogP contribution is 2.20. The third-order valence-corrected chi connectivity index (χ3v) is 4.28. The van der Waals surface area contributed by atoms with E-state index in [0.29, 0.717) is 28.2 Å². The molecule has 1 heterocycles. The van der Waals surface area contributed by atoms with Gasteiger partial charge in [-0.25, -0.2) is 4.98 Å². The molecule has 0 bridgehead atoms. The number of aliphatic hydroxyl groups is 1. The number of amides is 2. The van der Waals surface area contributed by atoms with Gasteiger partial charge in [0.1, 0.15) is 11.7 Å². The molecular weight excluding hydrogens is 442 g/mol. The van der Waals surface area contributed by atoms with Crippen LogP contribution in [0.1, 0.15) is 65.1 Å². The smallest absolute Gasteiger partial charge is 0.258 e. The lowest BCUT2D eigenvalue weighted by Gasteiger charge is -2.12. The van der Waals surface area contributed by atoms with Gasteiger partial charge in [0.05, 0.1) is 11.3 Å². The lowest BCUT2D eigenvalue weighted by Crippen LogP contribution is -2.19. The number of benzene rings is 2. The van der Waals surface area contributed by atoms with Gasteiger partial charge in [0.25, 0.3) is 11.8 Å². The molecule has 2 aromatic carbocycles. The summed E-state index contributed by atoms with van der Waals surface area (Å²) in [7, 11) is 1.00. The second kappa shape index (κ2) is 16.6. The minimum Gasteiger partial charge on any atom is -0.400 e. The largest absolute Gasteiger partial charge is 0.400 e. The number of aliphatic hydroxyl groups excluding tert-OH is 1. The highest BCUT2D eigenvalue weighted by molar-refractivity contribution is 6.12. The van der Waals surface area contributed by atoms with Crippen LogP contribution in [0.15, 0.2) is 60.8 Å². The zero-order chi connectivity index (χ0) is 27.0. The van der Waals surface area contributed by atoms with Crippen molar-refractivity contribution in [3.63, 3.8) is 0 Å². The maximum Gasteiger partial charge on any atom is 0.258 e. The molecule has 2 amide bonds. The second-order valence-electron chi connectivity index (χ2n) is 6.67. The number of nitrogens with two attached hydrogens (primary N) is 1. The second-order valence-corrected chi connectivity index (χ2v) is 6.67. The zero-order valence-electron chi connectivity index (χ0n) is 21.6. The number of hydrogen-bond acceptors (Lipinski definition) is 5. The van der Waals surface area contributed by atoms with E-state index in [1.165, 1.54) is 0 Å². The highest BCUT2D eigenvalue weighted by Gasteiger charge is 2.16. The molecular formula is C27H37N5O3. The molecule has 6 N–H and O–H groups in total. The predicted octanol–water partition coefficient (Wildman–Crippen LogP) is 5.15. The first kappa shape index (κ1) is 31.0. The van der Waals surface area contributed by atoms with E-state index in [0.717, 1.165) is 18.2 Å². The third kappa shape index (κ3) is 9.77. The number of nitrogens with zero attached hydrogens (tertiary/aromatic N) is 1. The van der Waals surface area contributed by atoms with Crippen LogP contribution in [-0.4, -0.2) is 34.9 Å². The predicted molar refractivity (Wildman–Crippen MR) is 144 cm³/mol. The van der Waals surface area contributed by atoms with E-state index in [-0.39, 0.29) is 17.6 Å². The number of nitrogens with one attached hydrogen (secondary N) is 3. The monoisotopic (exact) mass is 479 g/mol. The van der Waals surface area contributed by atoms with E-state index < -0.39 is 0 Å². The van der Waals surface area contributed by atoms with Gasteiger partial charge in [0.15, 0.2) is 0 Å². The molecule has 8 nitrogen and oxygen atoms in total. The summed E-state index contributed by atoms with van der Waals surface area (Å²) in [6.07, 6.45) is 1.67. The highest BCUT2D eigenvalue weighted by atomic mass is 16.2. The molecule has 0 aliphatic carbocycles. The van der Waals surface area contributed by atoms with Crippen LogP contribution < -0.4 is 16.4 Å². The summed E-state index contributed by atoms with van der Waals surface area (Å²) >= 11 is 0. The number of carbonyl (C=O) groups excluding carboxylic acids is 2. The van der Waals surface area contributed by atoms with E-state index in [1.54, 1.807) is 48.7 Å². The summed E-state index contributed by atoms with van der Waals surface area (Å²) in [6, 6.07) is 15.1. The Morgan fingerprint density at radius 1 is 0.800 bits per heavy atom. The van der Waals surface area contributed by atoms with E-state index >= 15 is 0 Å². The first-order valence-electron chi connectivity index (χ1n) is 11.4. The Labute approximate surface area is 208 Å². The molecule has 0 radical (unpaired) electrons. The van der Waals surface area contributed by atoms with Crippen molar-refractivity contribution in [1.29, 1.82) is 5.41 Å². The minimum atomic E-state index is -0.369. The first-order valence-corrected chi connectivity index (χ1v) is 11.4. The molecule has 0 saturated carbocycles. The van der Waals surface area contributed by atoms with Gasteiger partial charge in [-0.3, -0.25) is 15.0 Å². The molecule has 188 valence electrons. The van der Waals surface area contributed by atoms with Crippen LogP contribution in [0.4, 0.5) is 11.5 Å². The minimum absolute atomic E-state index is 0.0702. The Balaban J connectivity index is 0.00000179. The zero-order valence-corrected chi connectivity index (χ0v) is 21.6. The first-order chi connectivity index (χ1) is 16.8. The molecule has 0 spiro atoms. The Morgan fingerprint density at radius 2 is 1.34 bits per heavy atom. The summed E-state index contributed by atoms with van der Waals surface area (Å²) in [5, 5.41) is 19.9. The van der Waals surface area contributed by atoms with Crippen molar-refractivity contribution >= 4 is 29.2 Å². The maximum atomic E-state index is 12.8. The van der Waals surface area contributed by atoms with Gasteiger partial charge >= 0.3 is 0 Å². The molecule has 0 atom stereocenters. The van der Waals surface area contributed by atoms with Crippen LogP contribution in [0, 0.1) is 19.3 Å². The lowest BCUT2D eigenvalue weighted by atomic mass is 10.1. The molecule has 3 aromatic rings. The van der Waals surface area contributed by atoms with Crippen LogP contribution in [0.5, 0.6) is 0 Å². The van der Waals surface area contributed by atoms with Crippen molar-refractivity contribution in [2.24, 2.45) is 5.73 Å².